The number of nitrogens with one attached hydrogen (secondary N) is 2. The third-order valence-electron chi connectivity index (χ3n) is 5.34. The second-order valence-corrected chi connectivity index (χ2v) is 7.51. The molecule has 9 nitrogen and oxygen atoms in total. The number of nitrogens with two attached hydrogens (primary N) is 1. The number of carbonyl (C=O) groups excluding carboxylic acids is 1. The molecule has 3 aromatic rings. The van der Waals surface area contributed by atoms with Gasteiger partial charge in [0.05, 0.1) is 13.2 Å². The van der Waals surface area contributed by atoms with E-state index in [1.54, 1.807) is 12.0 Å². The fourth-order valence-electron chi connectivity index (χ4n) is 3.78. The van der Waals surface area contributed by atoms with Gasteiger partial charge in [0.2, 0.25) is 0 Å². The normalized spacial score (nSPS) is 11.2. The molecule has 0 unspecified atom stereocenters. The van der Waals surface area contributed by atoms with E-state index < -0.39 is 11.2 Å². The van der Waals surface area contributed by atoms with Crippen LogP contribution in [-0.4, -0.2) is 47.1 Å². The Morgan fingerprint density at radius 1 is 1.23 bits per heavy atom. The van der Waals surface area contributed by atoms with E-state index in [0.29, 0.717) is 12.1 Å². The lowest BCUT2D eigenvalue weighted by atomic mass is 10.1. The smallest absolute Gasteiger partial charge is 0.330 e. The number of H-pyrrole nitrogens is 2. The Hall–Kier alpha value is -3.33. The van der Waals surface area contributed by atoms with Crippen molar-refractivity contribution < 1.29 is 9.53 Å². The number of hydrogen-bond donors (Lipinski definition) is 3. The van der Waals surface area contributed by atoms with Gasteiger partial charge in [0.15, 0.2) is 5.78 Å². The van der Waals surface area contributed by atoms with E-state index in [1.807, 2.05) is 38.1 Å². The van der Waals surface area contributed by atoms with Gasteiger partial charge in [-0.2, -0.15) is 0 Å². The van der Waals surface area contributed by atoms with Gasteiger partial charge < -0.3 is 20.4 Å². The first-order valence-corrected chi connectivity index (χ1v) is 10.4. The lowest BCUT2D eigenvalue weighted by Crippen LogP contribution is -2.41. The van der Waals surface area contributed by atoms with Crippen molar-refractivity contribution >= 4 is 28.2 Å². The lowest BCUT2D eigenvalue weighted by Gasteiger charge is -2.25. The molecule has 0 radical (unpaired) electrons. The zero-order valence-electron chi connectivity index (χ0n) is 18.2. The summed E-state index contributed by atoms with van der Waals surface area (Å²) in [7, 11) is 1.54. The Morgan fingerprint density at radius 2 is 1.97 bits per heavy atom. The Morgan fingerprint density at radius 3 is 2.68 bits per heavy atom. The summed E-state index contributed by atoms with van der Waals surface area (Å²) in [5.41, 5.74) is 7.41. The number of nitrogen functional groups attached to an aromatic ring is 1. The highest BCUT2D eigenvalue weighted by Gasteiger charge is 2.24. The molecular weight excluding hydrogens is 398 g/mol. The number of unbranched alkanes of at least 4 members (excludes halogenated alkanes) is 1. The van der Waals surface area contributed by atoms with Crippen molar-refractivity contribution in [3.63, 3.8) is 0 Å². The van der Waals surface area contributed by atoms with E-state index in [4.69, 9.17) is 10.5 Å². The van der Waals surface area contributed by atoms with Crippen LogP contribution in [0.4, 0.5) is 11.5 Å². The average molecular weight is 428 g/mol. The van der Waals surface area contributed by atoms with E-state index in [-0.39, 0.29) is 37.0 Å². The number of ether oxygens (including phenoxy) is 1. The van der Waals surface area contributed by atoms with Gasteiger partial charge >= 0.3 is 5.69 Å². The van der Waals surface area contributed by atoms with Gasteiger partial charge in [0.1, 0.15) is 11.5 Å². The molecule has 0 aliphatic rings. The summed E-state index contributed by atoms with van der Waals surface area (Å²) < 4.78 is 6.53. The van der Waals surface area contributed by atoms with Crippen molar-refractivity contribution in [2.24, 2.45) is 0 Å². The van der Waals surface area contributed by atoms with Gasteiger partial charge in [-0.15, -0.1) is 0 Å². The standard InChI is InChI=1S/C22H29N5O4/c1-4-5-10-27-20(23)19(21(29)25-22(27)30)26(11-12-31-3)13-17(28)18-14(2)24-16-9-7-6-8-15(16)18/h6-9,24H,4-5,10-13,23H2,1-3H3,(H,25,29,30). The van der Waals surface area contributed by atoms with Crippen molar-refractivity contribution in [2.75, 3.05) is 37.4 Å². The van der Waals surface area contributed by atoms with Crippen LogP contribution in [0.25, 0.3) is 10.9 Å². The van der Waals surface area contributed by atoms with Gasteiger partial charge in [-0.1, -0.05) is 31.5 Å². The summed E-state index contributed by atoms with van der Waals surface area (Å²) in [6.45, 7) is 4.71. The second-order valence-electron chi connectivity index (χ2n) is 7.51. The van der Waals surface area contributed by atoms with E-state index in [2.05, 4.69) is 9.97 Å². The van der Waals surface area contributed by atoms with Gasteiger partial charge in [0, 0.05) is 42.4 Å². The van der Waals surface area contributed by atoms with Crippen molar-refractivity contribution in [1.29, 1.82) is 0 Å². The summed E-state index contributed by atoms with van der Waals surface area (Å²) in [4.78, 5) is 45.4. The number of nitrogens with zero attached hydrogens (tertiary/aromatic N) is 2. The fraction of sp³-hybridized carbons (Fsp3) is 0.409. The molecule has 9 heteroatoms. The molecule has 0 spiro atoms. The lowest BCUT2D eigenvalue weighted by molar-refractivity contribution is 0.0998. The van der Waals surface area contributed by atoms with E-state index >= 15 is 0 Å². The molecule has 31 heavy (non-hydrogen) atoms. The molecule has 3 rings (SSSR count). The number of rotatable bonds is 10. The monoisotopic (exact) mass is 427 g/mol. The molecule has 0 saturated carbocycles. The summed E-state index contributed by atoms with van der Waals surface area (Å²) in [5, 5.41) is 0.825. The Bertz CT molecular complexity index is 1190. The fourth-order valence-corrected chi connectivity index (χ4v) is 3.78. The topological polar surface area (TPSA) is 126 Å². The largest absolute Gasteiger partial charge is 0.383 e. The van der Waals surface area contributed by atoms with Crippen LogP contribution < -0.4 is 21.9 Å². The predicted molar refractivity (Wildman–Crippen MR) is 122 cm³/mol. The Kier molecular flexibility index (Phi) is 6.96. The van der Waals surface area contributed by atoms with E-state index in [9.17, 15) is 14.4 Å². The van der Waals surface area contributed by atoms with Gasteiger partial charge in [-0.05, 0) is 19.4 Å². The van der Waals surface area contributed by atoms with Crippen LogP contribution in [0.3, 0.4) is 0 Å². The number of benzene rings is 1. The van der Waals surface area contributed by atoms with Crippen LogP contribution in [-0.2, 0) is 11.3 Å². The van der Waals surface area contributed by atoms with E-state index in [1.165, 1.54) is 4.57 Å². The second kappa shape index (κ2) is 9.65. The minimum atomic E-state index is -0.616. The maximum Gasteiger partial charge on any atom is 0.330 e. The quantitative estimate of drug-likeness (QED) is 0.425. The van der Waals surface area contributed by atoms with Crippen molar-refractivity contribution in [2.45, 2.75) is 33.2 Å². The number of methoxy groups -OCH3 is 1. The van der Waals surface area contributed by atoms with Crippen LogP contribution in [0.2, 0.25) is 0 Å². The first kappa shape index (κ1) is 22.4. The number of carbonyl (C=O) groups is 1. The number of fused-ring (bicyclic) bond motifs is 1. The Labute approximate surface area is 179 Å². The molecule has 4 N–H and O–H groups in total. The molecule has 0 bridgehead atoms. The highest BCUT2D eigenvalue weighted by atomic mass is 16.5. The van der Waals surface area contributed by atoms with Gasteiger partial charge in [-0.25, -0.2) is 4.79 Å². The van der Waals surface area contributed by atoms with Crippen LogP contribution in [0, 0.1) is 6.92 Å². The summed E-state index contributed by atoms with van der Waals surface area (Å²) in [6, 6.07) is 7.57. The molecule has 0 fully saturated rings. The number of aryl methyl sites for hydroxylation is 1. The number of hydrogen-bond acceptors (Lipinski definition) is 6. The molecule has 166 valence electrons. The van der Waals surface area contributed by atoms with Crippen LogP contribution in [0.5, 0.6) is 0 Å². The molecule has 0 saturated heterocycles. The third kappa shape index (κ3) is 4.56. The third-order valence-corrected chi connectivity index (χ3v) is 5.34. The van der Waals surface area contributed by atoms with Gasteiger partial charge in [-0.3, -0.25) is 19.1 Å². The van der Waals surface area contributed by atoms with Crippen molar-refractivity contribution in [3.05, 3.63) is 56.4 Å². The van der Waals surface area contributed by atoms with Crippen LogP contribution in [0.1, 0.15) is 35.8 Å². The number of aromatic amines is 2. The number of ketones is 1. The number of Topliss-reactive ketones (excluding diaryl/α,β-unsaturated/α-hetero) is 1. The van der Waals surface area contributed by atoms with Crippen LogP contribution in [0.15, 0.2) is 33.9 Å². The molecule has 0 aliphatic heterocycles. The highest BCUT2D eigenvalue weighted by Crippen LogP contribution is 2.24. The minimum Gasteiger partial charge on any atom is -0.383 e. The molecule has 2 heterocycles. The first-order valence-electron chi connectivity index (χ1n) is 10.4. The summed E-state index contributed by atoms with van der Waals surface area (Å²) in [5.74, 6) is -0.0992. The molecule has 2 aromatic heterocycles. The zero-order valence-corrected chi connectivity index (χ0v) is 18.2. The van der Waals surface area contributed by atoms with Crippen molar-refractivity contribution in [3.8, 4) is 0 Å². The molecular formula is C22H29N5O4. The van der Waals surface area contributed by atoms with Crippen molar-refractivity contribution in [1.82, 2.24) is 14.5 Å². The van der Waals surface area contributed by atoms with Gasteiger partial charge in [0.25, 0.3) is 5.56 Å². The average Bonchev–Trinajstić information content (AvgIpc) is 3.07. The SMILES string of the molecule is CCCCn1c(N)c(N(CCOC)CC(=O)c2c(C)[nH]c3ccccc23)c(=O)[nH]c1=O. The molecule has 0 atom stereocenters. The zero-order chi connectivity index (χ0) is 22.5. The summed E-state index contributed by atoms with van der Waals surface area (Å²) >= 11 is 0. The number of anilines is 2. The first-order chi connectivity index (χ1) is 14.9. The number of aromatic nitrogens is 3. The summed E-state index contributed by atoms with van der Waals surface area (Å²) in [6.07, 6.45) is 1.60. The minimum absolute atomic E-state index is 0.0572. The van der Waals surface area contributed by atoms with E-state index in [0.717, 1.165) is 29.4 Å². The Balaban J connectivity index is 2.03. The predicted octanol–water partition coefficient (Wildman–Crippen LogP) is 2.04. The maximum atomic E-state index is 13.3. The molecule has 0 aliphatic carbocycles. The molecule has 0 amide bonds. The highest BCUT2D eigenvalue weighted by molar-refractivity contribution is 6.11. The number of para-hydroxylation sites is 1. The molecule has 1 aromatic carbocycles. The maximum absolute atomic E-state index is 13.3. The van der Waals surface area contributed by atoms with Crippen LogP contribution >= 0.6 is 0 Å².